The van der Waals surface area contributed by atoms with Crippen LogP contribution in [0.15, 0.2) is 107 Å². The Morgan fingerprint density at radius 3 is 2.42 bits per heavy atom. The number of carbonyl (C=O) groups excluding carboxylic acids is 1. The molecule has 0 amide bonds. The van der Waals surface area contributed by atoms with Gasteiger partial charge in [0.25, 0.3) is 0 Å². The third-order valence-corrected chi connectivity index (χ3v) is 6.94. The fraction of sp³-hybridized carbons (Fsp3) is 0.172. The van der Waals surface area contributed by atoms with Crippen molar-refractivity contribution in [2.75, 3.05) is 5.01 Å². The van der Waals surface area contributed by atoms with E-state index in [1.165, 1.54) is 5.56 Å². The maximum atomic E-state index is 14.4. The van der Waals surface area contributed by atoms with Crippen LogP contribution in [0, 0.1) is 6.92 Å². The standard InChI is InChI=1S/C29H24N2O2/c1-20-13-15-23(16-14-20)31-29(18-17-21-8-5-6-11-24(21)28(29)32)26(25-12-7-19-33-25)27(30-31)22-9-3-2-4-10-22/h2-16,19,26H,17-18H2,1H3. The number of benzene rings is 3. The summed E-state index contributed by atoms with van der Waals surface area (Å²) in [4.78, 5) is 14.4. The van der Waals surface area contributed by atoms with Crippen molar-refractivity contribution < 1.29 is 9.21 Å². The van der Waals surface area contributed by atoms with Crippen LogP contribution in [0.25, 0.3) is 0 Å². The highest BCUT2D eigenvalue weighted by Crippen LogP contribution is 2.51. The van der Waals surface area contributed by atoms with Gasteiger partial charge in [-0.05, 0) is 55.2 Å². The Morgan fingerprint density at radius 1 is 0.909 bits per heavy atom. The number of furan rings is 1. The van der Waals surface area contributed by atoms with Crippen molar-refractivity contribution in [3.63, 3.8) is 0 Å². The number of hydrogen-bond donors (Lipinski definition) is 0. The molecule has 4 aromatic rings. The zero-order valence-electron chi connectivity index (χ0n) is 18.4. The monoisotopic (exact) mass is 432 g/mol. The van der Waals surface area contributed by atoms with E-state index in [-0.39, 0.29) is 11.7 Å². The highest BCUT2D eigenvalue weighted by Gasteiger charge is 2.60. The maximum absolute atomic E-state index is 14.4. The number of ketones is 1. The maximum Gasteiger partial charge on any atom is 0.191 e. The first-order chi connectivity index (χ1) is 16.2. The first-order valence-electron chi connectivity index (χ1n) is 11.4. The number of hydrazone groups is 1. The van der Waals surface area contributed by atoms with E-state index in [4.69, 9.17) is 9.52 Å². The van der Waals surface area contributed by atoms with E-state index >= 15 is 0 Å². The van der Waals surface area contributed by atoms with E-state index in [9.17, 15) is 4.79 Å². The largest absolute Gasteiger partial charge is 0.469 e. The molecule has 3 aromatic carbocycles. The Bertz CT molecular complexity index is 1340. The molecular formula is C29H24N2O2. The molecule has 0 fully saturated rings. The third-order valence-electron chi connectivity index (χ3n) is 6.94. The van der Waals surface area contributed by atoms with Gasteiger partial charge in [-0.25, -0.2) is 0 Å². The molecule has 4 heteroatoms. The second-order valence-corrected chi connectivity index (χ2v) is 8.86. The molecule has 1 spiro atoms. The third kappa shape index (κ3) is 2.98. The van der Waals surface area contributed by atoms with Gasteiger partial charge in [-0.1, -0.05) is 72.3 Å². The molecule has 0 radical (unpaired) electrons. The number of rotatable bonds is 3. The molecule has 0 bridgehead atoms. The van der Waals surface area contributed by atoms with E-state index in [1.807, 2.05) is 53.5 Å². The average Bonchev–Trinajstić information content (AvgIpc) is 3.50. The minimum Gasteiger partial charge on any atom is -0.469 e. The lowest BCUT2D eigenvalue weighted by Gasteiger charge is -2.43. The molecule has 2 atom stereocenters. The summed E-state index contributed by atoms with van der Waals surface area (Å²) in [6.45, 7) is 2.07. The zero-order chi connectivity index (χ0) is 22.4. The fourth-order valence-corrected chi connectivity index (χ4v) is 5.35. The molecule has 2 aliphatic rings. The molecule has 1 aromatic heterocycles. The van der Waals surface area contributed by atoms with Gasteiger partial charge in [-0.2, -0.15) is 5.10 Å². The molecule has 0 N–H and O–H groups in total. The minimum atomic E-state index is -0.896. The van der Waals surface area contributed by atoms with Crippen LogP contribution in [0.3, 0.4) is 0 Å². The molecule has 0 saturated carbocycles. The number of aryl methyl sites for hydroxylation is 2. The lowest BCUT2D eigenvalue weighted by Crippen LogP contribution is -2.56. The number of hydrogen-bond acceptors (Lipinski definition) is 4. The first kappa shape index (κ1) is 19.7. The van der Waals surface area contributed by atoms with E-state index in [1.54, 1.807) is 6.26 Å². The van der Waals surface area contributed by atoms with Gasteiger partial charge in [0.15, 0.2) is 5.78 Å². The molecule has 2 heterocycles. The highest BCUT2D eigenvalue weighted by molar-refractivity contribution is 6.18. The minimum absolute atomic E-state index is 0.0982. The predicted octanol–water partition coefficient (Wildman–Crippen LogP) is 6.16. The summed E-state index contributed by atoms with van der Waals surface area (Å²) < 4.78 is 5.98. The molecule has 6 rings (SSSR count). The number of carbonyl (C=O) groups is 1. The van der Waals surface area contributed by atoms with Gasteiger partial charge >= 0.3 is 0 Å². The number of nitrogens with zero attached hydrogens (tertiary/aromatic N) is 2. The van der Waals surface area contributed by atoms with Crippen LogP contribution < -0.4 is 5.01 Å². The average molecular weight is 433 g/mol. The molecular weight excluding hydrogens is 408 g/mol. The molecule has 0 saturated heterocycles. The predicted molar refractivity (Wildman–Crippen MR) is 130 cm³/mol. The Morgan fingerprint density at radius 2 is 1.67 bits per heavy atom. The zero-order valence-corrected chi connectivity index (χ0v) is 18.4. The van der Waals surface area contributed by atoms with Crippen LogP contribution in [0.5, 0.6) is 0 Å². The summed E-state index contributed by atoms with van der Waals surface area (Å²) in [6.07, 6.45) is 3.14. The fourth-order valence-electron chi connectivity index (χ4n) is 5.35. The van der Waals surface area contributed by atoms with Gasteiger partial charge in [-0.15, -0.1) is 0 Å². The lowest BCUT2D eigenvalue weighted by molar-refractivity contribution is 0.0850. The van der Waals surface area contributed by atoms with Crippen LogP contribution in [0.2, 0.25) is 0 Å². The second kappa shape index (κ2) is 7.59. The van der Waals surface area contributed by atoms with E-state index in [0.717, 1.165) is 40.3 Å². The second-order valence-electron chi connectivity index (χ2n) is 8.86. The smallest absolute Gasteiger partial charge is 0.191 e. The summed E-state index contributed by atoms with van der Waals surface area (Å²) in [6, 6.07) is 30.2. The Hall–Kier alpha value is -3.92. The lowest BCUT2D eigenvalue weighted by atomic mass is 9.67. The van der Waals surface area contributed by atoms with E-state index in [0.29, 0.717) is 6.42 Å². The van der Waals surface area contributed by atoms with Gasteiger partial charge < -0.3 is 4.42 Å². The van der Waals surface area contributed by atoms with Crippen LogP contribution in [0.4, 0.5) is 5.69 Å². The topological polar surface area (TPSA) is 45.8 Å². The summed E-state index contributed by atoms with van der Waals surface area (Å²) in [5.74, 6) is 0.540. The molecule has 1 aliphatic carbocycles. The van der Waals surface area contributed by atoms with Gasteiger partial charge in [0.2, 0.25) is 0 Å². The summed E-state index contributed by atoms with van der Waals surface area (Å²) in [7, 11) is 0. The van der Waals surface area contributed by atoms with Gasteiger partial charge in [-0.3, -0.25) is 9.80 Å². The van der Waals surface area contributed by atoms with Gasteiger partial charge in [0, 0.05) is 5.56 Å². The van der Waals surface area contributed by atoms with Crippen LogP contribution in [0.1, 0.15) is 45.1 Å². The van der Waals surface area contributed by atoms with Crippen molar-refractivity contribution in [1.82, 2.24) is 0 Å². The Kier molecular flexibility index (Phi) is 4.54. The first-order valence-corrected chi connectivity index (χ1v) is 11.4. The highest BCUT2D eigenvalue weighted by atomic mass is 16.3. The molecule has 162 valence electrons. The number of fused-ring (bicyclic) bond motifs is 1. The van der Waals surface area contributed by atoms with Crippen molar-refractivity contribution in [3.8, 4) is 0 Å². The number of Topliss-reactive ketones (excluding diaryl/α,β-unsaturated/α-hetero) is 1. The Labute approximate surface area is 193 Å². The number of anilines is 1. The van der Waals surface area contributed by atoms with Gasteiger partial charge in [0.1, 0.15) is 11.3 Å². The van der Waals surface area contributed by atoms with Crippen LogP contribution >= 0.6 is 0 Å². The summed E-state index contributed by atoms with van der Waals surface area (Å²) in [5, 5.41) is 7.14. The summed E-state index contributed by atoms with van der Waals surface area (Å²) in [5.41, 5.74) is 4.92. The van der Waals surface area contributed by atoms with Crippen LogP contribution in [-0.4, -0.2) is 17.0 Å². The van der Waals surface area contributed by atoms with Crippen molar-refractivity contribution >= 4 is 17.2 Å². The van der Waals surface area contributed by atoms with Crippen molar-refractivity contribution in [1.29, 1.82) is 0 Å². The molecule has 1 aliphatic heterocycles. The van der Waals surface area contributed by atoms with Crippen molar-refractivity contribution in [3.05, 3.63) is 125 Å². The van der Waals surface area contributed by atoms with Crippen molar-refractivity contribution in [2.45, 2.75) is 31.2 Å². The van der Waals surface area contributed by atoms with Crippen molar-refractivity contribution in [2.24, 2.45) is 5.10 Å². The quantitative estimate of drug-likeness (QED) is 0.389. The van der Waals surface area contributed by atoms with E-state index in [2.05, 4.69) is 49.4 Å². The van der Waals surface area contributed by atoms with E-state index < -0.39 is 5.54 Å². The normalized spacial score (nSPS) is 21.8. The molecule has 33 heavy (non-hydrogen) atoms. The Balaban J connectivity index is 1.62. The summed E-state index contributed by atoms with van der Waals surface area (Å²) >= 11 is 0. The molecule has 2 unspecified atom stereocenters. The molecule has 4 nitrogen and oxygen atoms in total. The SMILES string of the molecule is Cc1ccc(N2N=C(c3ccccc3)C(c3ccco3)C23CCc2ccccc2C3=O)cc1. The van der Waals surface area contributed by atoms with Crippen LogP contribution in [-0.2, 0) is 6.42 Å². The van der Waals surface area contributed by atoms with Gasteiger partial charge in [0.05, 0.1) is 23.6 Å².